The second-order valence-corrected chi connectivity index (χ2v) is 10.4. The number of hydrogen-bond donors (Lipinski definition) is 0. The molecule has 0 saturated heterocycles. The molecule has 2 fully saturated rings. The molecular formula is C29H36F4. The SMILES string of the molecule is CCCc1ccc(C2CCC(C(F)(F)CC3CCC(c4ccc(F)c(F)c4)CC3)CC2)cc1. The van der Waals surface area contributed by atoms with Crippen LogP contribution >= 0.6 is 0 Å². The minimum atomic E-state index is -2.62. The molecule has 0 aliphatic heterocycles. The van der Waals surface area contributed by atoms with Gasteiger partial charge in [0.2, 0.25) is 0 Å². The minimum Gasteiger partial charge on any atom is -0.207 e. The molecule has 2 saturated carbocycles. The van der Waals surface area contributed by atoms with E-state index in [4.69, 9.17) is 0 Å². The van der Waals surface area contributed by atoms with Crippen LogP contribution in [-0.2, 0) is 6.42 Å². The van der Waals surface area contributed by atoms with Crippen molar-refractivity contribution in [1.29, 1.82) is 0 Å². The van der Waals surface area contributed by atoms with Crippen molar-refractivity contribution in [3.05, 3.63) is 70.8 Å². The third-order valence-electron chi connectivity index (χ3n) is 8.14. The van der Waals surface area contributed by atoms with E-state index in [0.717, 1.165) is 56.9 Å². The average Bonchev–Trinajstić information content (AvgIpc) is 2.82. The molecule has 2 aromatic rings. The van der Waals surface area contributed by atoms with Crippen molar-refractivity contribution in [2.24, 2.45) is 11.8 Å². The van der Waals surface area contributed by atoms with Crippen molar-refractivity contribution in [1.82, 2.24) is 0 Å². The summed E-state index contributed by atoms with van der Waals surface area (Å²) >= 11 is 0. The molecule has 0 nitrogen and oxygen atoms in total. The molecule has 2 aliphatic rings. The Morgan fingerprint density at radius 2 is 1.30 bits per heavy atom. The Morgan fingerprint density at radius 1 is 0.727 bits per heavy atom. The molecule has 0 radical (unpaired) electrons. The maximum Gasteiger partial charge on any atom is 0.251 e. The second kappa shape index (κ2) is 10.6. The lowest BCUT2D eigenvalue weighted by molar-refractivity contribution is -0.0929. The predicted octanol–water partition coefficient (Wildman–Crippen LogP) is 9.19. The van der Waals surface area contributed by atoms with Gasteiger partial charge in [0.25, 0.3) is 5.92 Å². The molecule has 0 amide bonds. The fourth-order valence-corrected chi connectivity index (χ4v) is 6.11. The van der Waals surface area contributed by atoms with Crippen LogP contribution in [0.1, 0.15) is 99.7 Å². The van der Waals surface area contributed by atoms with Crippen molar-refractivity contribution in [3.8, 4) is 0 Å². The van der Waals surface area contributed by atoms with E-state index < -0.39 is 23.5 Å². The first-order chi connectivity index (χ1) is 15.9. The molecule has 0 atom stereocenters. The van der Waals surface area contributed by atoms with E-state index in [1.54, 1.807) is 6.07 Å². The van der Waals surface area contributed by atoms with Gasteiger partial charge in [-0.2, -0.15) is 0 Å². The van der Waals surface area contributed by atoms with Gasteiger partial charge in [0, 0.05) is 12.3 Å². The van der Waals surface area contributed by atoms with Crippen LogP contribution in [-0.4, -0.2) is 5.92 Å². The van der Waals surface area contributed by atoms with Gasteiger partial charge >= 0.3 is 0 Å². The molecule has 0 bridgehead atoms. The van der Waals surface area contributed by atoms with Gasteiger partial charge in [-0.3, -0.25) is 0 Å². The zero-order valence-corrected chi connectivity index (χ0v) is 19.6. The van der Waals surface area contributed by atoms with Gasteiger partial charge < -0.3 is 0 Å². The smallest absolute Gasteiger partial charge is 0.207 e. The first kappa shape index (κ1) is 24.3. The maximum absolute atomic E-state index is 15.2. The van der Waals surface area contributed by atoms with Gasteiger partial charge in [-0.25, -0.2) is 17.6 Å². The summed E-state index contributed by atoms with van der Waals surface area (Å²) in [6.07, 6.45) is 8.08. The number of aryl methyl sites for hydroxylation is 1. The van der Waals surface area contributed by atoms with Gasteiger partial charge in [0.15, 0.2) is 11.6 Å². The Balaban J connectivity index is 1.26. The summed E-state index contributed by atoms with van der Waals surface area (Å²) in [5, 5.41) is 0. The minimum absolute atomic E-state index is 0.0189. The Morgan fingerprint density at radius 3 is 1.91 bits per heavy atom. The molecule has 180 valence electrons. The number of benzene rings is 2. The number of hydrogen-bond acceptors (Lipinski definition) is 0. The highest BCUT2D eigenvalue weighted by Crippen LogP contribution is 2.47. The molecule has 2 aromatic carbocycles. The largest absolute Gasteiger partial charge is 0.251 e. The Hall–Kier alpha value is -1.84. The van der Waals surface area contributed by atoms with Crippen LogP contribution in [0.5, 0.6) is 0 Å². The van der Waals surface area contributed by atoms with E-state index in [1.807, 2.05) is 0 Å². The van der Waals surface area contributed by atoms with Crippen molar-refractivity contribution < 1.29 is 17.6 Å². The Labute approximate surface area is 195 Å². The molecule has 2 aliphatic carbocycles. The van der Waals surface area contributed by atoms with Crippen LogP contribution in [0.3, 0.4) is 0 Å². The molecule has 0 N–H and O–H groups in total. The van der Waals surface area contributed by atoms with E-state index in [9.17, 15) is 8.78 Å². The van der Waals surface area contributed by atoms with Gasteiger partial charge in [-0.1, -0.05) is 43.7 Å². The Kier molecular flexibility index (Phi) is 7.81. The van der Waals surface area contributed by atoms with Gasteiger partial charge in [0.05, 0.1) is 0 Å². The fourth-order valence-electron chi connectivity index (χ4n) is 6.11. The predicted molar refractivity (Wildman–Crippen MR) is 126 cm³/mol. The lowest BCUT2D eigenvalue weighted by Crippen LogP contribution is -2.34. The first-order valence-electron chi connectivity index (χ1n) is 12.8. The molecule has 0 aromatic heterocycles. The van der Waals surface area contributed by atoms with Gasteiger partial charge in [0.1, 0.15) is 0 Å². The quantitative estimate of drug-likeness (QED) is 0.361. The normalized spacial score (nSPS) is 26.3. The van der Waals surface area contributed by atoms with Crippen LogP contribution in [0.4, 0.5) is 17.6 Å². The molecule has 4 heteroatoms. The first-order valence-corrected chi connectivity index (χ1v) is 12.8. The third kappa shape index (κ3) is 6.00. The summed E-state index contributed by atoms with van der Waals surface area (Å²) in [5.41, 5.74) is 3.44. The highest BCUT2D eigenvalue weighted by molar-refractivity contribution is 5.26. The third-order valence-corrected chi connectivity index (χ3v) is 8.14. The summed E-state index contributed by atoms with van der Waals surface area (Å²) in [6, 6.07) is 12.8. The van der Waals surface area contributed by atoms with Crippen molar-refractivity contribution in [3.63, 3.8) is 0 Å². The fraction of sp³-hybridized carbons (Fsp3) is 0.586. The molecule has 4 rings (SSSR count). The van der Waals surface area contributed by atoms with E-state index >= 15 is 8.78 Å². The zero-order chi connectivity index (χ0) is 23.4. The summed E-state index contributed by atoms with van der Waals surface area (Å²) < 4.78 is 57.1. The average molecular weight is 461 g/mol. The lowest BCUT2D eigenvalue weighted by atomic mass is 9.72. The zero-order valence-electron chi connectivity index (χ0n) is 19.6. The topological polar surface area (TPSA) is 0 Å². The lowest BCUT2D eigenvalue weighted by Gasteiger charge is -2.37. The monoisotopic (exact) mass is 460 g/mol. The summed E-state index contributed by atoms with van der Waals surface area (Å²) in [4.78, 5) is 0. The van der Waals surface area contributed by atoms with Crippen LogP contribution < -0.4 is 0 Å². The van der Waals surface area contributed by atoms with Crippen LogP contribution in [0.2, 0.25) is 0 Å². The standard InChI is InChI=1S/C29H36F4/c1-2-3-20-4-8-22(9-5-20)23-12-15-26(16-13-23)29(32,33)19-21-6-10-24(11-7-21)25-14-17-27(30)28(31)18-25/h4-5,8-9,14,17-18,21,23-24,26H,2-3,6-7,10-13,15-16,19H2,1H3. The summed E-state index contributed by atoms with van der Waals surface area (Å²) in [6.45, 7) is 2.17. The van der Waals surface area contributed by atoms with Crippen LogP contribution in [0.15, 0.2) is 42.5 Å². The molecule has 33 heavy (non-hydrogen) atoms. The van der Waals surface area contributed by atoms with Crippen molar-refractivity contribution in [2.45, 2.75) is 95.3 Å². The van der Waals surface area contributed by atoms with Gasteiger partial charge in [-0.05, 0) is 104 Å². The molecule has 0 spiro atoms. The van der Waals surface area contributed by atoms with Crippen LogP contribution in [0, 0.1) is 23.5 Å². The highest BCUT2D eigenvalue weighted by Gasteiger charge is 2.43. The van der Waals surface area contributed by atoms with Crippen LogP contribution in [0.25, 0.3) is 0 Å². The summed E-state index contributed by atoms with van der Waals surface area (Å²) in [5.74, 6) is -4.23. The summed E-state index contributed by atoms with van der Waals surface area (Å²) in [7, 11) is 0. The molecule has 0 heterocycles. The maximum atomic E-state index is 15.2. The van der Waals surface area contributed by atoms with Gasteiger partial charge in [-0.15, -0.1) is 0 Å². The van der Waals surface area contributed by atoms with Crippen molar-refractivity contribution in [2.75, 3.05) is 0 Å². The van der Waals surface area contributed by atoms with E-state index in [2.05, 4.69) is 31.2 Å². The van der Waals surface area contributed by atoms with E-state index in [1.165, 1.54) is 23.3 Å². The number of alkyl halides is 2. The van der Waals surface area contributed by atoms with E-state index in [-0.39, 0.29) is 18.3 Å². The van der Waals surface area contributed by atoms with E-state index in [0.29, 0.717) is 18.8 Å². The highest BCUT2D eigenvalue weighted by atomic mass is 19.3. The molecule has 0 unspecified atom stereocenters. The molecular weight excluding hydrogens is 424 g/mol. The second-order valence-electron chi connectivity index (χ2n) is 10.4. The number of rotatable bonds is 7. The van der Waals surface area contributed by atoms with Crippen molar-refractivity contribution >= 4 is 0 Å². The Bertz CT molecular complexity index is 888. The number of halogens is 4.